The summed E-state index contributed by atoms with van der Waals surface area (Å²) in [6, 6.07) is 10.0. The zero-order valence-corrected chi connectivity index (χ0v) is 11.5. The number of pyridine rings is 1. The van der Waals surface area contributed by atoms with Crippen LogP contribution in [-0.2, 0) is 4.79 Å². The molecule has 0 radical (unpaired) electrons. The van der Waals surface area contributed by atoms with Crippen LogP contribution in [0.5, 0.6) is 5.75 Å². The molecule has 1 aromatic heterocycles. The summed E-state index contributed by atoms with van der Waals surface area (Å²) < 4.78 is 5.13. The van der Waals surface area contributed by atoms with E-state index < -0.39 is 18.5 Å². The summed E-state index contributed by atoms with van der Waals surface area (Å²) in [6.45, 7) is -0.451. The molecular weight excluding hydrogens is 286 g/mol. The highest BCUT2D eigenvalue weighted by Crippen LogP contribution is 2.15. The highest BCUT2D eigenvalue weighted by Gasteiger charge is 2.05. The number of benzene rings is 1. The van der Waals surface area contributed by atoms with Crippen LogP contribution >= 0.6 is 0 Å². The maximum Gasteiger partial charge on any atom is 0.341 e. The van der Waals surface area contributed by atoms with Crippen molar-refractivity contribution in [3.05, 3.63) is 59.9 Å². The zero-order valence-electron chi connectivity index (χ0n) is 11.5. The lowest BCUT2D eigenvalue weighted by Crippen LogP contribution is -2.17. The average Bonchev–Trinajstić information content (AvgIpc) is 2.54. The van der Waals surface area contributed by atoms with Gasteiger partial charge in [0.25, 0.3) is 5.91 Å². The maximum absolute atomic E-state index is 11.8. The minimum Gasteiger partial charge on any atom is -0.481 e. The molecule has 0 spiro atoms. The van der Waals surface area contributed by atoms with E-state index in [1.807, 2.05) is 0 Å². The number of carboxylic acids is 1. The topological polar surface area (TPSA) is 101 Å². The second-order valence-electron chi connectivity index (χ2n) is 4.16. The van der Waals surface area contributed by atoms with Crippen molar-refractivity contribution < 1.29 is 19.4 Å². The average molecular weight is 299 g/mol. The molecule has 7 heteroatoms. The van der Waals surface area contributed by atoms with Gasteiger partial charge in [-0.15, -0.1) is 0 Å². The van der Waals surface area contributed by atoms with Crippen molar-refractivity contribution in [2.24, 2.45) is 5.10 Å². The first-order valence-corrected chi connectivity index (χ1v) is 6.34. The first-order chi connectivity index (χ1) is 10.7. The van der Waals surface area contributed by atoms with Crippen molar-refractivity contribution in [3.8, 4) is 5.75 Å². The molecule has 7 nitrogen and oxygen atoms in total. The number of hydrazone groups is 1. The van der Waals surface area contributed by atoms with Crippen molar-refractivity contribution in [3.63, 3.8) is 0 Å². The third kappa shape index (κ3) is 4.41. The summed E-state index contributed by atoms with van der Waals surface area (Å²) >= 11 is 0. The van der Waals surface area contributed by atoms with Crippen LogP contribution in [-0.4, -0.2) is 34.8 Å². The molecule has 0 bridgehead atoms. The van der Waals surface area contributed by atoms with E-state index in [0.717, 1.165) is 0 Å². The Kier molecular flexibility index (Phi) is 5.20. The van der Waals surface area contributed by atoms with Crippen LogP contribution in [0.15, 0.2) is 53.9 Å². The number of carboxylic acid groups (broad SMARTS) is 1. The Morgan fingerprint density at radius 2 is 2.09 bits per heavy atom. The Bertz CT molecular complexity index is 686. The number of nitrogens with one attached hydrogen (secondary N) is 1. The Hall–Kier alpha value is -3.22. The predicted octanol–water partition coefficient (Wildman–Crippen LogP) is 1.31. The van der Waals surface area contributed by atoms with E-state index in [1.165, 1.54) is 12.4 Å². The second kappa shape index (κ2) is 7.53. The van der Waals surface area contributed by atoms with Crippen molar-refractivity contribution in [1.29, 1.82) is 0 Å². The Balaban J connectivity index is 2.01. The van der Waals surface area contributed by atoms with Crippen molar-refractivity contribution >= 4 is 18.1 Å². The summed E-state index contributed by atoms with van der Waals surface area (Å²) in [6.07, 6.45) is 4.37. The van der Waals surface area contributed by atoms with Crippen LogP contribution in [0.2, 0.25) is 0 Å². The first kappa shape index (κ1) is 15.2. The fourth-order valence-electron chi connectivity index (χ4n) is 1.58. The van der Waals surface area contributed by atoms with Gasteiger partial charge in [-0.25, -0.2) is 10.2 Å². The van der Waals surface area contributed by atoms with Crippen LogP contribution in [0.1, 0.15) is 15.9 Å². The summed E-state index contributed by atoms with van der Waals surface area (Å²) in [5, 5.41) is 12.4. The molecule has 0 saturated heterocycles. The number of hydrogen-bond donors (Lipinski definition) is 2. The van der Waals surface area contributed by atoms with E-state index in [9.17, 15) is 9.59 Å². The number of nitrogens with zero attached hydrogens (tertiary/aromatic N) is 2. The first-order valence-electron chi connectivity index (χ1n) is 6.34. The fraction of sp³-hybridized carbons (Fsp3) is 0.0667. The van der Waals surface area contributed by atoms with Gasteiger partial charge >= 0.3 is 5.97 Å². The van der Waals surface area contributed by atoms with Gasteiger partial charge in [-0.05, 0) is 24.3 Å². The second-order valence-corrected chi connectivity index (χ2v) is 4.16. The Morgan fingerprint density at radius 1 is 1.27 bits per heavy atom. The minimum absolute atomic E-state index is 0.365. The lowest BCUT2D eigenvalue weighted by atomic mass is 10.2. The molecule has 22 heavy (non-hydrogen) atoms. The summed E-state index contributed by atoms with van der Waals surface area (Å²) in [4.78, 5) is 26.1. The summed E-state index contributed by atoms with van der Waals surface area (Å²) in [5.74, 6) is -1.10. The number of para-hydroxylation sites is 1. The quantitative estimate of drug-likeness (QED) is 0.618. The molecular formula is C15H13N3O4. The highest BCUT2D eigenvalue weighted by molar-refractivity contribution is 5.94. The van der Waals surface area contributed by atoms with Gasteiger partial charge in [-0.3, -0.25) is 9.78 Å². The Labute approximate surface area is 126 Å². The molecule has 1 heterocycles. The van der Waals surface area contributed by atoms with Crippen LogP contribution in [0, 0.1) is 0 Å². The molecule has 2 rings (SSSR count). The number of aromatic nitrogens is 1. The van der Waals surface area contributed by atoms with E-state index in [2.05, 4.69) is 15.5 Å². The van der Waals surface area contributed by atoms with E-state index in [4.69, 9.17) is 9.84 Å². The molecule has 112 valence electrons. The van der Waals surface area contributed by atoms with Gasteiger partial charge < -0.3 is 9.84 Å². The van der Waals surface area contributed by atoms with Gasteiger partial charge in [0.2, 0.25) is 0 Å². The van der Waals surface area contributed by atoms with Crippen LogP contribution in [0.3, 0.4) is 0 Å². The van der Waals surface area contributed by atoms with Crippen LogP contribution < -0.4 is 10.2 Å². The van der Waals surface area contributed by atoms with Crippen molar-refractivity contribution in [2.45, 2.75) is 0 Å². The number of carbonyl (C=O) groups excluding carboxylic acids is 1. The molecule has 0 atom stereocenters. The normalized spacial score (nSPS) is 10.4. The van der Waals surface area contributed by atoms with E-state index in [-0.39, 0.29) is 0 Å². The molecule has 0 aliphatic heterocycles. The monoisotopic (exact) mass is 299 g/mol. The van der Waals surface area contributed by atoms with E-state index >= 15 is 0 Å². The predicted molar refractivity (Wildman–Crippen MR) is 78.9 cm³/mol. The number of hydrogen-bond acceptors (Lipinski definition) is 5. The largest absolute Gasteiger partial charge is 0.481 e. The standard InChI is InChI=1S/C15H13N3O4/c19-14(20)10-22-13-6-2-1-4-11(13)9-17-18-15(21)12-5-3-7-16-8-12/h1-9H,10H2,(H,18,21)(H,19,20)/b17-9-. The number of aliphatic carboxylic acids is 1. The third-order valence-electron chi connectivity index (χ3n) is 2.56. The molecule has 0 aliphatic carbocycles. The third-order valence-corrected chi connectivity index (χ3v) is 2.56. The SMILES string of the molecule is O=C(O)COc1ccccc1/C=N\NC(=O)c1cccnc1. The van der Waals surface area contributed by atoms with Gasteiger partial charge in [0.15, 0.2) is 6.61 Å². The molecule has 2 N–H and O–H groups in total. The molecule has 0 aliphatic rings. The Morgan fingerprint density at radius 3 is 2.82 bits per heavy atom. The molecule has 1 amide bonds. The number of carbonyl (C=O) groups is 2. The number of ether oxygens (including phenoxy) is 1. The van der Waals surface area contributed by atoms with Crippen LogP contribution in [0.4, 0.5) is 0 Å². The van der Waals surface area contributed by atoms with Gasteiger partial charge in [-0.1, -0.05) is 12.1 Å². The van der Waals surface area contributed by atoms with Crippen molar-refractivity contribution in [1.82, 2.24) is 10.4 Å². The molecule has 1 aromatic carbocycles. The molecule has 0 unspecified atom stereocenters. The van der Waals surface area contributed by atoms with Gasteiger partial charge in [-0.2, -0.15) is 5.10 Å². The number of amides is 1. The smallest absolute Gasteiger partial charge is 0.341 e. The van der Waals surface area contributed by atoms with Gasteiger partial charge in [0.05, 0.1) is 11.8 Å². The van der Waals surface area contributed by atoms with Gasteiger partial charge in [0.1, 0.15) is 5.75 Å². The summed E-state index contributed by atoms with van der Waals surface area (Å²) in [5.41, 5.74) is 3.29. The lowest BCUT2D eigenvalue weighted by molar-refractivity contribution is -0.139. The highest BCUT2D eigenvalue weighted by atomic mass is 16.5. The minimum atomic E-state index is -1.07. The van der Waals surface area contributed by atoms with Gasteiger partial charge in [0, 0.05) is 18.0 Å². The fourth-order valence-corrected chi connectivity index (χ4v) is 1.58. The number of rotatable bonds is 6. The molecule has 0 fully saturated rings. The summed E-state index contributed by atoms with van der Waals surface area (Å²) in [7, 11) is 0. The zero-order chi connectivity index (χ0) is 15.8. The van der Waals surface area contributed by atoms with Crippen LogP contribution in [0.25, 0.3) is 0 Å². The maximum atomic E-state index is 11.8. The molecule has 2 aromatic rings. The molecule has 0 saturated carbocycles. The van der Waals surface area contributed by atoms with E-state index in [1.54, 1.807) is 42.6 Å². The lowest BCUT2D eigenvalue weighted by Gasteiger charge is -2.06. The van der Waals surface area contributed by atoms with Crippen molar-refractivity contribution in [2.75, 3.05) is 6.61 Å². The van der Waals surface area contributed by atoms with E-state index in [0.29, 0.717) is 16.9 Å².